The fourth-order valence-electron chi connectivity index (χ4n) is 3.19. The molecule has 1 amide bonds. The number of rotatable bonds is 7. The molecule has 1 aliphatic rings. The second-order valence-electron chi connectivity index (χ2n) is 6.62. The predicted molar refractivity (Wildman–Crippen MR) is 117 cm³/mol. The lowest BCUT2D eigenvalue weighted by Crippen LogP contribution is -2.38. The van der Waals surface area contributed by atoms with Gasteiger partial charge in [0.1, 0.15) is 5.75 Å². The third-order valence-corrected chi connectivity index (χ3v) is 7.61. The van der Waals surface area contributed by atoms with Crippen LogP contribution in [0.25, 0.3) is 0 Å². The van der Waals surface area contributed by atoms with Gasteiger partial charge >= 0.3 is 0 Å². The van der Waals surface area contributed by atoms with Crippen LogP contribution < -0.4 is 10.1 Å². The Balaban J connectivity index is 1.52. The van der Waals surface area contributed by atoms with Crippen molar-refractivity contribution in [3.05, 3.63) is 62.7 Å². The first-order valence-corrected chi connectivity index (χ1v) is 11.8. The second-order valence-corrected chi connectivity index (χ2v) is 9.87. The Bertz CT molecular complexity index is 962. The number of methoxy groups -OCH3 is 1. The van der Waals surface area contributed by atoms with Gasteiger partial charge in [-0.2, -0.15) is 4.31 Å². The molecule has 0 saturated heterocycles. The van der Waals surface area contributed by atoms with Crippen molar-refractivity contribution in [1.29, 1.82) is 0 Å². The van der Waals surface area contributed by atoms with Gasteiger partial charge in [0.15, 0.2) is 0 Å². The molecule has 28 heavy (non-hydrogen) atoms. The van der Waals surface area contributed by atoms with Crippen LogP contribution in [-0.2, 0) is 23.0 Å². The van der Waals surface area contributed by atoms with Gasteiger partial charge in [-0.1, -0.05) is 18.2 Å². The molecule has 1 N–H and O–H groups in total. The molecule has 0 aliphatic carbocycles. The van der Waals surface area contributed by atoms with Crippen molar-refractivity contribution in [1.82, 2.24) is 9.62 Å². The smallest absolute Gasteiger partial charge is 0.252 e. The molecular formula is C20H23IN2O4S. The zero-order valence-corrected chi connectivity index (χ0v) is 18.6. The summed E-state index contributed by atoms with van der Waals surface area (Å²) in [5.74, 6) is 0.632. The summed E-state index contributed by atoms with van der Waals surface area (Å²) >= 11 is 2.11. The monoisotopic (exact) mass is 514 g/mol. The topological polar surface area (TPSA) is 75.7 Å². The second kappa shape index (κ2) is 9.23. The van der Waals surface area contributed by atoms with Crippen LogP contribution in [0.2, 0.25) is 0 Å². The lowest BCUT2D eigenvalue weighted by atomic mass is 10.0. The molecule has 1 heterocycles. The Kier molecular flexibility index (Phi) is 6.95. The molecular weight excluding hydrogens is 491 g/mol. The van der Waals surface area contributed by atoms with Crippen LogP contribution in [0.1, 0.15) is 27.9 Å². The van der Waals surface area contributed by atoms with Gasteiger partial charge < -0.3 is 10.1 Å². The van der Waals surface area contributed by atoms with E-state index in [2.05, 4.69) is 27.9 Å². The Morgan fingerprint density at radius 3 is 2.75 bits per heavy atom. The van der Waals surface area contributed by atoms with E-state index >= 15 is 0 Å². The molecule has 0 spiro atoms. The van der Waals surface area contributed by atoms with Crippen molar-refractivity contribution < 1.29 is 17.9 Å². The maximum absolute atomic E-state index is 12.7. The van der Waals surface area contributed by atoms with E-state index in [1.165, 1.54) is 4.31 Å². The van der Waals surface area contributed by atoms with Crippen molar-refractivity contribution in [2.24, 2.45) is 0 Å². The molecule has 1 aliphatic heterocycles. The zero-order chi connectivity index (χ0) is 20.1. The summed E-state index contributed by atoms with van der Waals surface area (Å²) < 4.78 is 33.0. The normalized spacial score (nSPS) is 14.4. The maximum Gasteiger partial charge on any atom is 0.252 e. The van der Waals surface area contributed by atoms with E-state index in [4.69, 9.17) is 4.74 Å². The highest BCUT2D eigenvalue weighted by Crippen LogP contribution is 2.25. The first-order valence-electron chi connectivity index (χ1n) is 9.07. The average Bonchev–Trinajstić information content (AvgIpc) is 2.70. The van der Waals surface area contributed by atoms with Gasteiger partial charge in [-0.3, -0.25) is 4.79 Å². The number of fused-ring (bicyclic) bond motifs is 1. The highest BCUT2D eigenvalue weighted by atomic mass is 127. The molecule has 2 aromatic rings. The quantitative estimate of drug-likeness (QED) is 0.456. The highest BCUT2D eigenvalue weighted by Gasteiger charge is 2.26. The third kappa shape index (κ3) is 5.03. The van der Waals surface area contributed by atoms with Gasteiger partial charge in [0, 0.05) is 23.2 Å². The van der Waals surface area contributed by atoms with Crippen molar-refractivity contribution in [3.8, 4) is 5.75 Å². The van der Waals surface area contributed by atoms with E-state index in [1.54, 1.807) is 13.2 Å². The third-order valence-electron chi connectivity index (χ3n) is 4.77. The van der Waals surface area contributed by atoms with Gasteiger partial charge in [0.2, 0.25) is 10.0 Å². The summed E-state index contributed by atoms with van der Waals surface area (Å²) in [5, 5.41) is 2.80. The van der Waals surface area contributed by atoms with Crippen LogP contribution in [0.3, 0.4) is 0 Å². The number of hydrogen-bond acceptors (Lipinski definition) is 4. The molecule has 0 radical (unpaired) electrons. The number of amides is 1. The molecule has 0 atom stereocenters. The minimum atomic E-state index is -3.36. The molecule has 3 rings (SSSR count). The summed E-state index contributed by atoms with van der Waals surface area (Å²) in [7, 11) is -1.74. The average molecular weight is 514 g/mol. The summed E-state index contributed by atoms with van der Waals surface area (Å²) in [6.07, 6.45) is 1.05. The molecule has 0 unspecified atom stereocenters. The number of hydrogen-bond donors (Lipinski definition) is 1. The van der Waals surface area contributed by atoms with E-state index < -0.39 is 10.0 Å². The molecule has 0 fully saturated rings. The number of sulfonamides is 1. The van der Waals surface area contributed by atoms with Crippen molar-refractivity contribution in [3.63, 3.8) is 0 Å². The maximum atomic E-state index is 12.7. The summed E-state index contributed by atoms with van der Waals surface area (Å²) in [6, 6.07) is 13.1. The number of nitrogens with zero attached hydrogens (tertiary/aromatic N) is 1. The lowest BCUT2D eigenvalue weighted by Gasteiger charge is -2.28. The van der Waals surface area contributed by atoms with Crippen LogP contribution in [0, 0.1) is 3.57 Å². The van der Waals surface area contributed by atoms with Gasteiger partial charge in [0.25, 0.3) is 5.91 Å². The molecule has 0 saturated carbocycles. The fourth-order valence-corrected chi connectivity index (χ4v) is 5.30. The minimum Gasteiger partial charge on any atom is -0.497 e. The number of carbonyl (C=O) groups excluding carboxylic acids is 1. The number of ether oxygens (including phenoxy) is 1. The van der Waals surface area contributed by atoms with Crippen LogP contribution in [0.5, 0.6) is 5.75 Å². The molecule has 2 aromatic carbocycles. The molecule has 0 bridgehead atoms. The van der Waals surface area contributed by atoms with Crippen LogP contribution >= 0.6 is 22.6 Å². The first kappa shape index (κ1) is 21.1. The van der Waals surface area contributed by atoms with Gasteiger partial charge in [-0.05, 0) is 70.8 Å². The van der Waals surface area contributed by atoms with Gasteiger partial charge in [0.05, 0.1) is 18.4 Å². The number of halogens is 1. The van der Waals surface area contributed by atoms with E-state index in [1.807, 2.05) is 36.4 Å². The number of carbonyl (C=O) groups is 1. The molecule has 6 nitrogen and oxygen atoms in total. The van der Waals surface area contributed by atoms with Crippen molar-refractivity contribution >= 4 is 38.5 Å². The predicted octanol–water partition coefficient (Wildman–Crippen LogP) is 2.81. The number of benzene rings is 2. The van der Waals surface area contributed by atoms with Crippen LogP contribution in [0.4, 0.5) is 0 Å². The Labute approximate surface area is 179 Å². The highest BCUT2D eigenvalue weighted by molar-refractivity contribution is 14.1. The van der Waals surface area contributed by atoms with E-state index in [9.17, 15) is 13.2 Å². The van der Waals surface area contributed by atoms with Crippen LogP contribution in [0.15, 0.2) is 42.5 Å². The van der Waals surface area contributed by atoms with Crippen molar-refractivity contribution in [2.75, 3.05) is 26.0 Å². The first-order chi connectivity index (χ1) is 13.4. The minimum absolute atomic E-state index is 0.0185. The zero-order valence-electron chi connectivity index (χ0n) is 15.7. The summed E-state index contributed by atoms with van der Waals surface area (Å²) in [4.78, 5) is 12.2. The SMILES string of the molecule is COc1ccc2c(c1)CCN(S(=O)(=O)CCCNC(=O)c1ccccc1I)C2. The molecule has 8 heteroatoms. The van der Waals surface area contributed by atoms with E-state index in [-0.39, 0.29) is 11.7 Å². The Hall–Kier alpha value is -1.65. The Morgan fingerprint density at radius 1 is 1.21 bits per heavy atom. The Morgan fingerprint density at radius 2 is 2.00 bits per heavy atom. The van der Waals surface area contributed by atoms with Gasteiger partial charge in [-0.25, -0.2) is 8.42 Å². The number of nitrogens with one attached hydrogen (secondary N) is 1. The summed E-state index contributed by atoms with van der Waals surface area (Å²) in [5.41, 5.74) is 2.76. The van der Waals surface area contributed by atoms with Gasteiger partial charge in [-0.15, -0.1) is 0 Å². The largest absolute Gasteiger partial charge is 0.497 e. The summed E-state index contributed by atoms with van der Waals surface area (Å²) in [6.45, 7) is 1.18. The van der Waals surface area contributed by atoms with Crippen LogP contribution in [-0.4, -0.2) is 44.6 Å². The standard InChI is InChI=1S/C20H23IN2O4S/c1-27-17-8-7-16-14-23(11-9-15(16)13-17)28(25,26)12-4-10-22-20(24)18-5-2-3-6-19(18)21/h2-3,5-8,13H,4,9-12,14H2,1H3,(H,22,24). The van der Waals surface area contributed by atoms with E-state index in [0.717, 1.165) is 20.4 Å². The van der Waals surface area contributed by atoms with Crippen molar-refractivity contribution in [2.45, 2.75) is 19.4 Å². The van der Waals surface area contributed by atoms with E-state index in [0.29, 0.717) is 38.0 Å². The molecule has 150 valence electrons. The lowest BCUT2D eigenvalue weighted by molar-refractivity contribution is 0.0952. The fraction of sp³-hybridized carbons (Fsp3) is 0.350. The molecule has 0 aromatic heterocycles.